The predicted octanol–water partition coefficient (Wildman–Crippen LogP) is 1.80. The van der Waals surface area contributed by atoms with Crippen molar-refractivity contribution in [2.45, 2.75) is 26.2 Å². The molecule has 66 valence electrons. The van der Waals surface area contributed by atoms with Crippen LogP contribution >= 0.6 is 0 Å². The molecular weight excluding hydrogens is 154 g/mol. The fourth-order valence-corrected chi connectivity index (χ4v) is 0.616. The Morgan fingerprint density at radius 2 is 2.33 bits per heavy atom. The first-order valence-corrected chi connectivity index (χ1v) is 3.98. The van der Waals surface area contributed by atoms with Crippen molar-refractivity contribution in [3.05, 3.63) is 12.2 Å². The molecule has 0 bridgehead atoms. The van der Waals surface area contributed by atoms with E-state index in [1.165, 1.54) is 0 Å². The van der Waals surface area contributed by atoms with Crippen LogP contribution < -0.4 is 0 Å². The fourth-order valence-electron chi connectivity index (χ4n) is 0.616. The molecule has 0 fully saturated rings. The second-order valence-corrected chi connectivity index (χ2v) is 2.21. The lowest BCUT2D eigenvalue weighted by Crippen LogP contribution is -2.03. The number of ether oxygens (including phenoxy) is 1. The lowest BCUT2D eigenvalue weighted by molar-refractivity contribution is -0.142. The Kier molecular flexibility index (Phi) is 6.96. The molecule has 0 aromatic carbocycles. The van der Waals surface area contributed by atoms with E-state index in [9.17, 15) is 4.79 Å². The summed E-state index contributed by atoms with van der Waals surface area (Å²) in [7, 11) is 0. The van der Waals surface area contributed by atoms with Crippen LogP contribution in [-0.4, -0.2) is 12.6 Å². The van der Waals surface area contributed by atoms with E-state index in [4.69, 9.17) is 10.00 Å². The molecule has 0 spiro atoms. The Morgan fingerprint density at radius 3 is 2.92 bits per heavy atom. The summed E-state index contributed by atoms with van der Waals surface area (Å²) in [5, 5.41) is 8.14. The van der Waals surface area contributed by atoms with Crippen molar-refractivity contribution in [2.75, 3.05) is 6.61 Å². The van der Waals surface area contributed by atoms with Crippen LogP contribution in [0.5, 0.6) is 0 Å². The minimum atomic E-state index is -0.269. The summed E-state index contributed by atoms with van der Waals surface area (Å²) in [5.74, 6) is -0.269. The molecule has 0 rings (SSSR count). The number of allylic oxidation sites excluding steroid dienone is 1. The van der Waals surface area contributed by atoms with Crippen LogP contribution in [0.3, 0.4) is 0 Å². The number of carbonyl (C=O) groups excluding carboxylic acids is 1. The first-order valence-electron chi connectivity index (χ1n) is 3.98. The van der Waals surface area contributed by atoms with E-state index < -0.39 is 0 Å². The third kappa shape index (κ3) is 6.81. The van der Waals surface area contributed by atoms with Gasteiger partial charge in [-0.15, -0.1) is 0 Å². The van der Waals surface area contributed by atoms with Gasteiger partial charge in [0, 0.05) is 0 Å². The van der Waals surface area contributed by atoms with Gasteiger partial charge in [0.05, 0.1) is 18.9 Å². The highest BCUT2D eigenvalue weighted by atomic mass is 16.5. The van der Waals surface area contributed by atoms with E-state index in [0.29, 0.717) is 6.42 Å². The lowest BCUT2D eigenvalue weighted by Gasteiger charge is -1.97. The van der Waals surface area contributed by atoms with E-state index >= 15 is 0 Å². The molecule has 0 saturated carbocycles. The monoisotopic (exact) mass is 167 g/mol. The van der Waals surface area contributed by atoms with Crippen LogP contribution in [0.2, 0.25) is 0 Å². The third-order valence-electron chi connectivity index (χ3n) is 1.16. The molecule has 0 aliphatic heterocycles. The highest BCUT2D eigenvalue weighted by Crippen LogP contribution is 1.91. The van der Waals surface area contributed by atoms with Crippen LogP contribution in [0, 0.1) is 11.3 Å². The van der Waals surface area contributed by atoms with E-state index in [1.54, 1.807) is 6.08 Å². The van der Waals surface area contributed by atoms with Crippen molar-refractivity contribution in [1.82, 2.24) is 0 Å². The summed E-state index contributed by atoms with van der Waals surface area (Å²) >= 11 is 0. The normalized spacial score (nSPS) is 9.67. The van der Waals surface area contributed by atoms with E-state index in [2.05, 4.69) is 0 Å². The quantitative estimate of drug-likeness (QED) is 0.356. The number of rotatable bonds is 5. The number of nitriles is 1. The largest absolute Gasteiger partial charge is 0.464 e. The van der Waals surface area contributed by atoms with Gasteiger partial charge in [-0.3, -0.25) is 4.79 Å². The SMILES string of the molecule is CC/C=C\CC(=O)OCCC#N. The summed E-state index contributed by atoms with van der Waals surface area (Å²) in [6, 6.07) is 1.90. The van der Waals surface area contributed by atoms with Crippen LogP contribution in [-0.2, 0) is 9.53 Å². The van der Waals surface area contributed by atoms with Crippen LogP contribution in [0.1, 0.15) is 26.2 Å². The second-order valence-electron chi connectivity index (χ2n) is 2.21. The molecular formula is C9H13NO2. The summed E-state index contributed by atoms with van der Waals surface area (Å²) in [5.41, 5.74) is 0. The van der Waals surface area contributed by atoms with Crippen LogP contribution in [0.15, 0.2) is 12.2 Å². The Hall–Kier alpha value is -1.30. The lowest BCUT2D eigenvalue weighted by atomic mass is 10.3. The molecule has 0 aromatic rings. The molecule has 0 heterocycles. The smallest absolute Gasteiger partial charge is 0.309 e. The zero-order valence-electron chi connectivity index (χ0n) is 7.25. The summed E-state index contributed by atoms with van der Waals surface area (Å²) in [6.45, 7) is 2.20. The molecule has 0 aliphatic rings. The Labute approximate surface area is 72.6 Å². The van der Waals surface area contributed by atoms with E-state index in [-0.39, 0.29) is 19.0 Å². The van der Waals surface area contributed by atoms with Gasteiger partial charge in [0.2, 0.25) is 0 Å². The maximum Gasteiger partial charge on any atom is 0.309 e. The van der Waals surface area contributed by atoms with Crippen molar-refractivity contribution in [1.29, 1.82) is 5.26 Å². The zero-order chi connectivity index (χ0) is 9.23. The maximum absolute atomic E-state index is 10.8. The molecule has 0 radical (unpaired) electrons. The van der Waals surface area contributed by atoms with Crippen molar-refractivity contribution in [3.8, 4) is 6.07 Å². The maximum atomic E-state index is 10.8. The minimum Gasteiger partial charge on any atom is -0.464 e. The summed E-state index contributed by atoms with van der Waals surface area (Å²) < 4.78 is 4.72. The van der Waals surface area contributed by atoms with E-state index in [1.807, 2.05) is 19.1 Å². The van der Waals surface area contributed by atoms with E-state index in [0.717, 1.165) is 6.42 Å². The number of carbonyl (C=O) groups is 1. The Morgan fingerprint density at radius 1 is 1.58 bits per heavy atom. The van der Waals surface area contributed by atoms with Gasteiger partial charge in [-0.1, -0.05) is 19.1 Å². The van der Waals surface area contributed by atoms with Gasteiger partial charge in [0.15, 0.2) is 0 Å². The van der Waals surface area contributed by atoms with Gasteiger partial charge >= 0.3 is 5.97 Å². The third-order valence-corrected chi connectivity index (χ3v) is 1.16. The van der Waals surface area contributed by atoms with Gasteiger partial charge in [-0.2, -0.15) is 5.26 Å². The van der Waals surface area contributed by atoms with Gasteiger partial charge in [-0.05, 0) is 6.42 Å². The average molecular weight is 167 g/mol. The number of nitrogens with zero attached hydrogens (tertiary/aromatic N) is 1. The molecule has 3 heteroatoms. The average Bonchev–Trinajstić information content (AvgIpc) is 2.06. The Balaban J connectivity index is 3.35. The molecule has 12 heavy (non-hydrogen) atoms. The first-order chi connectivity index (χ1) is 5.81. The highest BCUT2D eigenvalue weighted by molar-refractivity contribution is 5.71. The molecule has 0 saturated heterocycles. The van der Waals surface area contributed by atoms with Crippen molar-refractivity contribution < 1.29 is 9.53 Å². The summed E-state index contributed by atoms with van der Waals surface area (Å²) in [6.07, 6.45) is 5.17. The molecule has 0 unspecified atom stereocenters. The molecule has 0 aliphatic carbocycles. The van der Waals surface area contributed by atoms with Crippen LogP contribution in [0.25, 0.3) is 0 Å². The second kappa shape index (κ2) is 7.80. The van der Waals surface area contributed by atoms with Gasteiger partial charge in [0.1, 0.15) is 6.61 Å². The number of esters is 1. The predicted molar refractivity (Wildman–Crippen MR) is 45.2 cm³/mol. The van der Waals surface area contributed by atoms with Crippen LogP contribution in [0.4, 0.5) is 0 Å². The highest BCUT2D eigenvalue weighted by Gasteiger charge is 1.97. The van der Waals surface area contributed by atoms with Gasteiger partial charge in [-0.25, -0.2) is 0 Å². The molecule has 0 aromatic heterocycles. The first kappa shape index (κ1) is 10.7. The molecule has 0 N–H and O–H groups in total. The standard InChI is InChI=1S/C9H13NO2/c1-2-3-4-6-9(11)12-8-5-7-10/h3-4H,2,5-6,8H2,1H3/b4-3-. The zero-order valence-corrected chi connectivity index (χ0v) is 7.25. The van der Waals surface area contributed by atoms with Crippen molar-refractivity contribution in [2.24, 2.45) is 0 Å². The van der Waals surface area contributed by atoms with Gasteiger partial charge in [0.25, 0.3) is 0 Å². The number of hydrogen-bond donors (Lipinski definition) is 0. The fraction of sp³-hybridized carbons (Fsp3) is 0.556. The topological polar surface area (TPSA) is 50.1 Å². The Bertz CT molecular complexity index is 191. The minimum absolute atomic E-state index is 0.204. The van der Waals surface area contributed by atoms with Crippen molar-refractivity contribution >= 4 is 5.97 Å². The van der Waals surface area contributed by atoms with Crippen molar-refractivity contribution in [3.63, 3.8) is 0 Å². The number of hydrogen-bond acceptors (Lipinski definition) is 3. The molecule has 3 nitrogen and oxygen atoms in total. The van der Waals surface area contributed by atoms with Gasteiger partial charge < -0.3 is 4.74 Å². The summed E-state index contributed by atoms with van der Waals surface area (Å²) in [4.78, 5) is 10.8. The molecule has 0 atom stereocenters. The molecule has 0 amide bonds.